The van der Waals surface area contributed by atoms with Crippen molar-refractivity contribution in [3.8, 4) is 0 Å². The number of aromatic nitrogens is 3. The van der Waals surface area contributed by atoms with Crippen LogP contribution in [0.1, 0.15) is 13.3 Å². The summed E-state index contributed by atoms with van der Waals surface area (Å²) in [4.78, 5) is 14.1. The average Bonchev–Trinajstić information content (AvgIpc) is 2.79. The van der Waals surface area contributed by atoms with Crippen molar-refractivity contribution in [2.45, 2.75) is 19.4 Å². The van der Waals surface area contributed by atoms with Gasteiger partial charge in [-0.15, -0.1) is 0 Å². The predicted octanol–water partition coefficient (Wildman–Crippen LogP) is 0.820. The fourth-order valence-corrected chi connectivity index (χ4v) is 1.55. The molecule has 0 amide bonds. The Bertz CT molecular complexity index is 564. The van der Waals surface area contributed by atoms with E-state index in [1.165, 1.54) is 0 Å². The number of rotatable bonds is 5. The van der Waals surface area contributed by atoms with Gasteiger partial charge in [-0.1, -0.05) is 16.5 Å². The van der Waals surface area contributed by atoms with Crippen LogP contribution < -0.4 is 5.32 Å². The summed E-state index contributed by atoms with van der Waals surface area (Å²) in [5, 5.41) is 26.9. The highest BCUT2D eigenvalue weighted by atomic mass is 16.6. The Balaban J connectivity index is 2.36. The maximum atomic E-state index is 10.8. The van der Waals surface area contributed by atoms with E-state index in [0.29, 0.717) is 11.5 Å². The third-order valence-corrected chi connectivity index (χ3v) is 2.60. The van der Waals surface area contributed by atoms with E-state index in [2.05, 4.69) is 15.4 Å². The lowest BCUT2D eigenvalue weighted by atomic mass is 10.2. The van der Waals surface area contributed by atoms with Crippen LogP contribution in [0.3, 0.4) is 0 Å². The number of imidazole rings is 1. The summed E-state index contributed by atoms with van der Waals surface area (Å²) in [6, 6.07) is 3.18. The van der Waals surface area contributed by atoms with E-state index in [-0.39, 0.29) is 18.5 Å². The molecule has 2 aromatic heterocycles. The van der Waals surface area contributed by atoms with E-state index in [4.69, 9.17) is 5.11 Å². The van der Waals surface area contributed by atoms with Gasteiger partial charge in [0.2, 0.25) is 5.65 Å². The largest absolute Gasteiger partial charge is 0.394 e. The summed E-state index contributed by atoms with van der Waals surface area (Å²) in [6.45, 7) is 1.90. The van der Waals surface area contributed by atoms with Crippen LogP contribution in [-0.4, -0.2) is 37.3 Å². The molecule has 0 aliphatic rings. The summed E-state index contributed by atoms with van der Waals surface area (Å²) in [5.74, 6) is 0.273. The minimum Gasteiger partial charge on any atom is -0.394 e. The zero-order valence-corrected chi connectivity index (χ0v) is 9.78. The SMILES string of the molecule is CC[C@@H](CO)Nc1ccc2ncc([N+](=O)[O-])n2n1. The molecule has 2 heterocycles. The lowest BCUT2D eigenvalue weighted by Crippen LogP contribution is -2.23. The molecule has 2 N–H and O–H groups in total. The van der Waals surface area contributed by atoms with E-state index >= 15 is 0 Å². The molecule has 0 aromatic carbocycles. The molecule has 0 saturated carbocycles. The summed E-state index contributed by atoms with van der Waals surface area (Å²) >= 11 is 0. The van der Waals surface area contributed by atoms with Gasteiger partial charge in [-0.25, -0.2) is 4.98 Å². The number of nitrogens with zero attached hydrogens (tertiary/aromatic N) is 4. The van der Waals surface area contributed by atoms with Crippen molar-refractivity contribution < 1.29 is 10.0 Å². The van der Waals surface area contributed by atoms with Gasteiger partial charge in [0.15, 0.2) is 5.82 Å². The third-order valence-electron chi connectivity index (χ3n) is 2.60. The van der Waals surface area contributed by atoms with Gasteiger partial charge in [0.1, 0.15) is 6.20 Å². The predicted molar refractivity (Wildman–Crippen MR) is 64.4 cm³/mol. The van der Waals surface area contributed by atoms with Gasteiger partial charge in [-0.05, 0) is 17.4 Å². The highest BCUT2D eigenvalue weighted by Crippen LogP contribution is 2.15. The van der Waals surface area contributed by atoms with Crippen LogP contribution in [0.15, 0.2) is 18.3 Å². The zero-order chi connectivity index (χ0) is 13.1. The number of nitrogens with one attached hydrogen (secondary N) is 1. The van der Waals surface area contributed by atoms with E-state index in [9.17, 15) is 10.1 Å². The average molecular weight is 251 g/mol. The highest BCUT2D eigenvalue weighted by molar-refractivity contribution is 5.48. The van der Waals surface area contributed by atoms with Crippen molar-refractivity contribution >= 4 is 17.3 Å². The molecule has 8 nitrogen and oxygen atoms in total. The number of anilines is 1. The van der Waals surface area contributed by atoms with Crippen molar-refractivity contribution in [3.05, 3.63) is 28.4 Å². The molecule has 0 spiro atoms. The first kappa shape index (κ1) is 12.2. The minimum absolute atomic E-state index is 0.0256. The monoisotopic (exact) mass is 251 g/mol. The Morgan fingerprint density at radius 3 is 3.00 bits per heavy atom. The molecule has 0 bridgehead atoms. The quantitative estimate of drug-likeness (QED) is 0.602. The van der Waals surface area contributed by atoms with Crippen LogP contribution in [0, 0.1) is 10.1 Å². The molecule has 8 heteroatoms. The van der Waals surface area contributed by atoms with E-state index in [1.807, 2.05) is 6.92 Å². The summed E-state index contributed by atoms with van der Waals surface area (Å²) < 4.78 is 1.16. The lowest BCUT2D eigenvalue weighted by Gasteiger charge is -2.13. The van der Waals surface area contributed by atoms with Gasteiger partial charge < -0.3 is 20.5 Å². The fourth-order valence-electron chi connectivity index (χ4n) is 1.55. The molecule has 0 unspecified atom stereocenters. The van der Waals surface area contributed by atoms with Crippen molar-refractivity contribution in [1.29, 1.82) is 0 Å². The Morgan fingerprint density at radius 1 is 1.61 bits per heavy atom. The molecule has 96 valence electrons. The van der Waals surface area contributed by atoms with Gasteiger partial charge in [0, 0.05) is 6.07 Å². The molecule has 2 rings (SSSR count). The molecule has 0 fully saturated rings. The van der Waals surface area contributed by atoms with Crippen LogP contribution in [0.5, 0.6) is 0 Å². The van der Waals surface area contributed by atoms with Gasteiger partial charge in [0.05, 0.1) is 12.6 Å². The number of fused-ring (bicyclic) bond motifs is 1. The standard InChI is InChI=1S/C10H13N5O3/c1-2-7(6-16)12-8-3-4-9-11-5-10(15(17)18)14(9)13-8/h3-5,7,16H,2,6H2,1H3,(H,12,13)/t7-/m0/s1. The summed E-state index contributed by atoms with van der Waals surface area (Å²) in [7, 11) is 0. The Kier molecular flexibility index (Phi) is 3.38. The number of aliphatic hydroxyl groups is 1. The molecule has 18 heavy (non-hydrogen) atoms. The van der Waals surface area contributed by atoms with Crippen LogP contribution >= 0.6 is 0 Å². The van der Waals surface area contributed by atoms with Crippen molar-refractivity contribution in [2.75, 3.05) is 11.9 Å². The maximum Gasteiger partial charge on any atom is 0.368 e. The highest BCUT2D eigenvalue weighted by Gasteiger charge is 2.16. The van der Waals surface area contributed by atoms with Crippen molar-refractivity contribution in [3.63, 3.8) is 0 Å². The molecule has 1 atom stereocenters. The smallest absolute Gasteiger partial charge is 0.368 e. The Hall–Kier alpha value is -2.22. The maximum absolute atomic E-state index is 10.8. The molecule has 0 saturated heterocycles. The number of hydrogen-bond acceptors (Lipinski definition) is 6. The second-order valence-electron chi connectivity index (χ2n) is 3.79. The lowest BCUT2D eigenvalue weighted by molar-refractivity contribution is -0.391. The molecular formula is C10H13N5O3. The number of nitro groups is 1. The zero-order valence-electron chi connectivity index (χ0n) is 9.78. The Morgan fingerprint density at radius 2 is 2.39 bits per heavy atom. The van der Waals surface area contributed by atoms with Crippen LogP contribution in [0.4, 0.5) is 11.6 Å². The molecule has 0 aliphatic heterocycles. The van der Waals surface area contributed by atoms with Gasteiger partial charge in [-0.2, -0.15) is 0 Å². The normalized spacial score (nSPS) is 12.6. The van der Waals surface area contributed by atoms with Gasteiger partial charge >= 0.3 is 5.82 Å². The minimum atomic E-state index is -0.542. The first-order chi connectivity index (χ1) is 8.65. The second-order valence-corrected chi connectivity index (χ2v) is 3.79. The number of aliphatic hydroxyl groups excluding tert-OH is 1. The first-order valence-electron chi connectivity index (χ1n) is 5.52. The van der Waals surface area contributed by atoms with Crippen LogP contribution in [0.25, 0.3) is 5.65 Å². The summed E-state index contributed by atoms with van der Waals surface area (Å²) in [6.07, 6.45) is 1.89. The van der Waals surface area contributed by atoms with E-state index in [0.717, 1.165) is 17.1 Å². The van der Waals surface area contributed by atoms with Crippen molar-refractivity contribution in [2.24, 2.45) is 0 Å². The van der Waals surface area contributed by atoms with E-state index in [1.54, 1.807) is 12.1 Å². The molecule has 0 radical (unpaired) electrons. The summed E-state index contributed by atoms with van der Waals surface area (Å²) in [5.41, 5.74) is 0.407. The molecule has 0 aliphatic carbocycles. The van der Waals surface area contributed by atoms with Crippen molar-refractivity contribution in [1.82, 2.24) is 14.6 Å². The Labute approximate surface area is 102 Å². The molecule has 2 aromatic rings. The van der Waals surface area contributed by atoms with Gasteiger partial charge in [0.25, 0.3) is 0 Å². The number of hydrogen-bond donors (Lipinski definition) is 2. The van der Waals surface area contributed by atoms with Gasteiger partial charge in [-0.3, -0.25) is 0 Å². The van der Waals surface area contributed by atoms with Crippen LogP contribution in [0.2, 0.25) is 0 Å². The topological polar surface area (TPSA) is 106 Å². The van der Waals surface area contributed by atoms with Crippen LogP contribution in [-0.2, 0) is 0 Å². The van der Waals surface area contributed by atoms with E-state index < -0.39 is 4.92 Å². The second kappa shape index (κ2) is 4.96. The first-order valence-corrected chi connectivity index (χ1v) is 5.52. The fraction of sp³-hybridized carbons (Fsp3) is 0.400. The molecular weight excluding hydrogens is 238 g/mol. The third kappa shape index (κ3) is 2.23.